The van der Waals surface area contributed by atoms with Crippen molar-refractivity contribution < 1.29 is 13.6 Å². The second kappa shape index (κ2) is 6.17. The van der Waals surface area contributed by atoms with E-state index in [9.17, 15) is 13.6 Å². The number of halogens is 4. The van der Waals surface area contributed by atoms with Gasteiger partial charge in [0, 0.05) is 14.1 Å². The minimum absolute atomic E-state index is 0.172. The molecule has 1 N–H and O–H groups in total. The first-order valence-corrected chi connectivity index (χ1v) is 7.47. The van der Waals surface area contributed by atoms with Crippen LogP contribution in [0.1, 0.15) is 15.9 Å². The molecule has 0 heterocycles. The molecule has 0 spiro atoms. The van der Waals surface area contributed by atoms with E-state index in [-0.39, 0.29) is 11.3 Å². The molecule has 0 saturated carbocycles. The highest BCUT2D eigenvalue weighted by Crippen LogP contribution is 2.22. The number of anilines is 1. The van der Waals surface area contributed by atoms with Gasteiger partial charge in [-0.3, -0.25) is 4.79 Å². The summed E-state index contributed by atoms with van der Waals surface area (Å²) in [5.74, 6) is -1.72. The zero-order chi connectivity index (χ0) is 14.9. The molecule has 0 aromatic heterocycles. The maximum absolute atomic E-state index is 13.7. The average Bonchev–Trinajstić information content (AvgIpc) is 2.38. The van der Waals surface area contributed by atoms with Crippen molar-refractivity contribution in [3.8, 4) is 0 Å². The van der Waals surface area contributed by atoms with Crippen molar-refractivity contribution in [1.29, 1.82) is 0 Å². The minimum Gasteiger partial charge on any atom is -0.319 e. The molecule has 0 radical (unpaired) electrons. The summed E-state index contributed by atoms with van der Waals surface area (Å²) in [4.78, 5) is 12.1. The van der Waals surface area contributed by atoms with E-state index >= 15 is 0 Å². The van der Waals surface area contributed by atoms with Gasteiger partial charge in [0.25, 0.3) is 5.91 Å². The van der Waals surface area contributed by atoms with Gasteiger partial charge in [0.15, 0.2) is 0 Å². The number of rotatable bonds is 2. The lowest BCUT2D eigenvalue weighted by molar-refractivity contribution is 0.102. The summed E-state index contributed by atoms with van der Waals surface area (Å²) in [6, 6.07) is 7.21. The lowest BCUT2D eigenvalue weighted by Gasteiger charge is -2.09. The Morgan fingerprint density at radius 1 is 1.20 bits per heavy atom. The maximum atomic E-state index is 13.7. The molecule has 6 heteroatoms. The van der Waals surface area contributed by atoms with Gasteiger partial charge in [-0.2, -0.15) is 0 Å². The molecular formula is C14H9BrF2INO. The van der Waals surface area contributed by atoms with E-state index in [2.05, 4.69) is 21.2 Å². The topological polar surface area (TPSA) is 29.1 Å². The zero-order valence-electron chi connectivity index (χ0n) is 10.3. The van der Waals surface area contributed by atoms with Gasteiger partial charge in [0.1, 0.15) is 11.6 Å². The Kier molecular flexibility index (Phi) is 4.74. The van der Waals surface area contributed by atoms with E-state index in [0.717, 1.165) is 20.2 Å². The number of carbonyl (C=O) groups excluding carboxylic acids is 1. The fraction of sp³-hybridized carbons (Fsp3) is 0.0714. The SMILES string of the molecule is Cc1cc(F)c(NC(=O)c2cc(Br)ccc2I)cc1F. The molecule has 0 unspecified atom stereocenters. The third-order valence-corrected chi connectivity index (χ3v) is 4.10. The van der Waals surface area contributed by atoms with Crippen LogP contribution in [0, 0.1) is 22.1 Å². The molecule has 2 rings (SSSR count). The molecule has 1 amide bonds. The van der Waals surface area contributed by atoms with Gasteiger partial charge < -0.3 is 5.32 Å². The average molecular weight is 452 g/mol. The van der Waals surface area contributed by atoms with Crippen LogP contribution in [0.3, 0.4) is 0 Å². The molecule has 0 atom stereocenters. The van der Waals surface area contributed by atoms with E-state index in [4.69, 9.17) is 0 Å². The van der Waals surface area contributed by atoms with Crippen LogP contribution in [0.15, 0.2) is 34.8 Å². The van der Waals surface area contributed by atoms with Crippen LogP contribution in [0.2, 0.25) is 0 Å². The molecule has 104 valence electrons. The molecule has 0 fully saturated rings. The van der Waals surface area contributed by atoms with Gasteiger partial charge in [-0.25, -0.2) is 8.78 Å². The van der Waals surface area contributed by atoms with Gasteiger partial charge in [-0.15, -0.1) is 0 Å². The van der Waals surface area contributed by atoms with Crippen LogP contribution in [-0.2, 0) is 0 Å². The lowest BCUT2D eigenvalue weighted by Crippen LogP contribution is -2.15. The number of hydrogen-bond acceptors (Lipinski definition) is 1. The summed E-state index contributed by atoms with van der Waals surface area (Å²) >= 11 is 5.27. The highest BCUT2D eigenvalue weighted by Gasteiger charge is 2.14. The molecule has 20 heavy (non-hydrogen) atoms. The Labute approximate surface area is 136 Å². The van der Waals surface area contributed by atoms with Crippen LogP contribution in [0.4, 0.5) is 14.5 Å². The predicted octanol–water partition coefficient (Wildman–Crippen LogP) is 4.89. The van der Waals surface area contributed by atoms with Gasteiger partial charge in [-0.05, 0) is 59.3 Å². The minimum atomic E-state index is -0.665. The Morgan fingerprint density at radius 3 is 2.60 bits per heavy atom. The van der Waals surface area contributed by atoms with Crippen molar-refractivity contribution in [2.24, 2.45) is 0 Å². The van der Waals surface area contributed by atoms with Crippen molar-refractivity contribution in [3.05, 3.63) is 61.1 Å². The molecule has 0 saturated heterocycles. The van der Waals surface area contributed by atoms with Crippen LogP contribution >= 0.6 is 38.5 Å². The second-order valence-corrected chi connectivity index (χ2v) is 6.24. The Balaban J connectivity index is 2.32. The maximum Gasteiger partial charge on any atom is 0.256 e. The van der Waals surface area contributed by atoms with Crippen LogP contribution < -0.4 is 5.32 Å². The van der Waals surface area contributed by atoms with Gasteiger partial charge in [0.2, 0.25) is 0 Å². The van der Waals surface area contributed by atoms with Crippen molar-refractivity contribution in [1.82, 2.24) is 0 Å². The van der Waals surface area contributed by atoms with Gasteiger partial charge in [-0.1, -0.05) is 15.9 Å². The van der Waals surface area contributed by atoms with Crippen LogP contribution in [0.5, 0.6) is 0 Å². The number of hydrogen-bond donors (Lipinski definition) is 1. The number of aryl methyl sites for hydroxylation is 1. The molecular weight excluding hydrogens is 443 g/mol. The summed E-state index contributed by atoms with van der Waals surface area (Å²) in [7, 11) is 0. The van der Waals surface area contributed by atoms with Gasteiger partial charge in [0.05, 0.1) is 11.3 Å². The van der Waals surface area contributed by atoms with E-state index in [1.807, 2.05) is 22.6 Å². The lowest BCUT2D eigenvalue weighted by atomic mass is 10.1. The first-order chi connectivity index (χ1) is 9.38. The van der Waals surface area contributed by atoms with E-state index in [1.165, 1.54) is 6.92 Å². The molecule has 0 aliphatic heterocycles. The summed E-state index contributed by atoms with van der Waals surface area (Å²) in [6.45, 7) is 1.46. The van der Waals surface area contributed by atoms with Crippen LogP contribution in [-0.4, -0.2) is 5.91 Å². The smallest absolute Gasteiger partial charge is 0.256 e. The summed E-state index contributed by atoms with van der Waals surface area (Å²) in [6.07, 6.45) is 0. The predicted molar refractivity (Wildman–Crippen MR) is 85.9 cm³/mol. The van der Waals surface area contributed by atoms with Gasteiger partial charge >= 0.3 is 0 Å². The zero-order valence-corrected chi connectivity index (χ0v) is 14.1. The molecule has 2 nitrogen and oxygen atoms in total. The highest BCUT2D eigenvalue weighted by molar-refractivity contribution is 14.1. The number of nitrogens with one attached hydrogen (secondary N) is 1. The van der Waals surface area contributed by atoms with E-state index in [0.29, 0.717) is 5.56 Å². The first kappa shape index (κ1) is 15.4. The molecule has 0 aliphatic carbocycles. The monoisotopic (exact) mass is 451 g/mol. The normalized spacial score (nSPS) is 10.4. The molecule has 2 aromatic rings. The fourth-order valence-corrected chi connectivity index (χ4v) is 2.54. The van der Waals surface area contributed by atoms with E-state index in [1.54, 1.807) is 18.2 Å². The Morgan fingerprint density at radius 2 is 1.90 bits per heavy atom. The largest absolute Gasteiger partial charge is 0.319 e. The number of amides is 1. The Bertz CT molecular complexity index is 691. The second-order valence-electron chi connectivity index (χ2n) is 4.16. The third-order valence-electron chi connectivity index (χ3n) is 2.67. The fourth-order valence-electron chi connectivity index (χ4n) is 1.60. The summed E-state index contributed by atoms with van der Waals surface area (Å²) in [5.41, 5.74) is 0.409. The van der Waals surface area contributed by atoms with Crippen molar-refractivity contribution >= 4 is 50.1 Å². The molecule has 0 aliphatic rings. The Hall–Kier alpha value is -1.02. The molecule has 2 aromatic carbocycles. The number of benzene rings is 2. The highest BCUT2D eigenvalue weighted by atomic mass is 127. The quantitative estimate of drug-likeness (QED) is 0.647. The van der Waals surface area contributed by atoms with Crippen molar-refractivity contribution in [2.45, 2.75) is 6.92 Å². The number of carbonyl (C=O) groups is 1. The molecule has 0 bridgehead atoms. The first-order valence-electron chi connectivity index (χ1n) is 5.60. The summed E-state index contributed by atoms with van der Waals surface area (Å²) in [5, 5.41) is 2.38. The standard InChI is InChI=1S/C14H9BrF2INO/c1-7-4-11(17)13(6-10(7)16)19-14(20)9-5-8(15)2-3-12(9)18/h2-6H,1H3,(H,19,20). The summed E-state index contributed by atoms with van der Waals surface area (Å²) < 4.78 is 28.6. The third kappa shape index (κ3) is 3.35. The van der Waals surface area contributed by atoms with Crippen molar-refractivity contribution in [3.63, 3.8) is 0 Å². The van der Waals surface area contributed by atoms with E-state index < -0.39 is 17.5 Å². The van der Waals surface area contributed by atoms with Crippen LogP contribution in [0.25, 0.3) is 0 Å². The van der Waals surface area contributed by atoms with Crippen molar-refractivity contribution in [2.75, 3.05) is 5.32 Å².